The predicted octanol–water partition coefficient (Wildman–Crippen LogP) is 2.28. The van der Waals surface area contributed by atoms with E-state index in [1.165, 1.54) is 4.90 Å². The minimum atomic E-state index is -1.13. The van der Waals surface area contributed by atoms with Crippen molar-refractivity contribution < 1.29 is 13.2 Å². The maximum Gasteiger partial charge on any atom is 0.186 e. The summed E-state index contributed by atoms with van der Waals surface area (Å²) >= 11 is 2.77. The molecule has 1 aromatic rings. The summed E-state index contributed by atoms with van der Waals surface area (Å²) < 4.78 is 40.3. The highest BCUT2D eigenvalue weighted by Gasteiger charge is 2.23. The molecular weight excluding hydrogens is 285 g/mol. The maximum atomic E-state index is 13.6. The predicted molar refractivity (Wildman–Crippen MR) is 59.1 cm³/mol. The van der Waals surface area contributed by atoms with Gasteiger partial charge in [0.25, 0.3) is 0 Å². The van der Waals surface area contributed by atoms with Gasteiger partial charge < -0.3 is 10.2 Å². The second kappa shape index (κ2) is 4.63. The molecule has 0 radical (unpaired) electrons. The molecule has 88 valence electrons. The molecule has 0 bridgehead atoms. The molecule has 16 heavy (non-hydrogen) atoms. The summed E-state index contributed by atoms with van der Waals surface area (Å²) in [4.78, 5) is 1.51. The van der Waals surface area contributed by atoms with E-state index >= 15 is 0 Å². The summed E-state index contributed by atoms with van der Waals surface area (Å²) in [6.45, 7) is 2.21. The minimum Gasteiger partial charge on any atom is -0.364 e. The van der Waals surface area contributed by atoms with Gasteiger partial charge in [-0.3, -0.25) is 0 Å². The lowest BCUT2D eigenvalue weighted by molar-refractivity contribution is 0.479. The molecule has 6 heteroatoms. The molecular formula is C10H10BrF3N2. The van der Waals surface area contributed by atoms with E-state index < -0.39 is 17.5 Å². The lowest BCUT2D eigenvalue weighted by Gasteiger charge is -2.30. The van der Waals surface area contributed by atoms with Crippen LogP contribution < -0.4 is 10.2 Å². The number of benzene rings is 1. The van der Waals surface area contributed by atoms with Gasteiger partial charge in [-0.2, -0.15) is 0 Å². The van der Waals surface area contributed by atoms with Crippen LogP contribution >= 0.6 is 15.9 Å². The highest BCUT2D eigenvalue weighted by atomic mass is 79.9. The maximum absolute atomic E-state index is 13.6. The summed E-state index contributed by atoms with van der Waals surface area (Å²) in [5, 5.41) is 3.06. The van der Waals surface area contributed by atoms with Crippen LogP contribution in [0.15, 0.2) is 10.5 Å². The Morgan fingerprint density at radius 1 is 1.12 bits per heavy atom. The highest BCUT2D eigenvalue weighted by molar-refractivity contribution is 9.10. The topological polar surface area (TPSA) is 15.3 Å². The Hall–Kier alpha value is -0.750. The highest BCUT2D eigenvalue weighted by Crippen LogP contribution is 2.30. The molecule has 0 aromatic heterocycles. The van der Waals surface area contributed by atoms with Gasteiger partial charge in [-0.05, 0) is 22.0 Å². The third-order valence-electron chi connectivity index (χ3n) is 2.52. The zero-order valence-corrected chi connectivity index (χ0v) is 9.95. The second-order valence-corrected chi connectivity index (χ2v) is 4.41. The third kappa shape index (κ3) is 2.04. The van der Waals surface area contributed by atoms with Gasteiger partial charge in [0.15, 0.2) is 17.5 Å². The molecule has 2 rings (SSSR count). The van der Waals surface area contributed by atoms with E-state index in [9.17, 15) is 13.2 Å². The fraction of sp³-hybridized carbons (Fsp3) is 0.400. The normalized spacial score (nSPS) is 16.6. The number of anilines is 1. The Kier molecular flexibility index (Phi) is 3.39. The molecule has 0 saturated carbocycles. The molecule has 1 heterocycles. The average molecular weight is 295 g/mol. The van der Waals surface area contributed by atoms with Crippen molar-refractivity contribution in [3.05, 3.63) is 28.0 Å². The lowest BCUT2D eigenvalue weighted by Crippen LogP contribution is -2.44. The van der Waals surface area contributed by atoms with Crippen molar-refractivity contribution in [3.8, 4) is 0 Å². The summed E-state index contributed by atoms with van der Waals surface area (Å²) in [6, 6.07) is 0.954. The Balaban J connectivity index is 2.42. The van der Waals surface area contributed by atoms with Crippen LogP contribution in [0.5, 0.6) is 0 Å². The van der Waals surface area contributed by atoms with Crippen LogP contribution in [0.25, 0.3) is 0 Å². The van der Waals surface area contributed by atoms with Crippen molar-refractivity contribution >= 4 is 21.6 Å². The Morgan fingerprint density at radius 2 is 1.75 bits per heavy atom. The van der Waals surface area contributed by atoms with Crippen molar-refractivity contribution in [2.75, 3.05) is 31.1 Å². The van der Waals surface area contributed by atoms with Crippen LogP contribution in [-0.4, -0.2) is 26.2 Å². The second-order valence-electron chi connectivity index (χ2n) is 3.55. The molecule has 0 spiro atoms. The molecule has 1 aliphatic rings. The molecule has 1 fully saturated rings. The van der Waals surface area contributed by atoms with E-state index in [1.807, 2.05) is 0 Å². The summed E-state index contributed by atoms with van der Waals surface area (Å²) in [5.74, 6) is -2.92. The van der Waals surface area contributed by atoms with E-state index in [0.29, 0.717) is 26.2 Å². The van der Waals surface area contributed by atoms with Crippen LogP contribution in [0, 0.1) is 17.5 Å². The number of nitrogens with zero attached hydrogens (tertiary/aromatic N) is 1. The summed E-state index contributed by atoms with van der Waals surface area (Å²) in [5.41, 5.74) is -0.276. The van der Waals surface area contributed by atoms with Crippen LogP contribution in [0.1, 0.15) is 0 Å². The first kappa shape index (κ1) is 11.7. The minimum absolute atomic E-state index is 0.193. The number of piperazine rings is 1. The van der Waals surface area contributed by atoms with Gasteiger partial charge in [0.2, 0.25) is 0 Å². The quantitative estimate of drug-likeness (QED) is 0.631. The van der Waals surface area contributed by atoms with E-state index in [4.69, 9.17) is 0 Å². The average Bonchev–Trinajstić information content (AvgIpc) is 2.28. The number of rotatable bonds is 1. The van der Waals surface area contributed by atoms with Crippen LogP contribution in [0.4, 0.5) is 18.9 Å². The van der Waals surface area contributed by atoms with Crippen molar-refractivity contribution in [1.29, 1.82) is 0 Å². The monoisotopic (exact) mass is 294 g/mol. The van der Waals surface area contributed by atoms with Crippen molar-refractivity contribution in [2.24, 2.45) is 0 Å². The first-order valence-corrected chi connectivity index (χ1v) is 5.69. The standard InChI is InChI=1S/C10H10BrF3N2/c11-6-5-7(12)10(9(14)8(6)13)16-3-1-15-2-4-16/h5,15H,1-4H2. The van der Waals surface area contributed by atoms with Gasteiger partial charge in [-0.1, -0.05) is 0 Å². The Morgan fingerprint density at radius 3 is 2.38 bits per heavy atom. The molecule has 1 saturated heterocycles. The van der Waals surface area contributed by atoms with Crippen molar-refractivity contribution in [3.63, 3.8) is 0 Å². The van der Waals surface area contributed by atoms with Gasteiger partial charge in [0.05, 0.1) is 4.47 Å². The van der Waals surface area contributed by atoms with Crippen molar-refractivity contribution in [1.82, 2.24) is 5.32 Å². The first-order chi connectivity index (χ1) is 7.61. The van der Waals surface area contributed by atoms with E-state index in [-0.39, 0.29) is 10.2 Å². The van der Waals surface area contributed by atoms with Gasteiger partial charge in [-0.15, -0.1) is 0 Å². The molecule has 2 nitrogen and oxygen atoms in total. The first-order valence-electron chi connectivity index (χ1n) is 4.90. The fourth-order valence-corrected chi connectivity index (χ4v) is 2.11. The van der Waals surface area contributed by atoms with Crippen LogP contribution in [0.3, 0.4) is 0 Å². The lowest BCUT2D eigenvalue weighted by atomic mass is 10.2. The Labute approximate surface area is 99.6 Å². The summed E-state index contributed by atoms with van der Waals surface area (Å²) in [7, 11) is 0. The number of halogens is 4. The molecule has 1 aromatic carbocycles. The van der Waals surface area contributed by atoms with Gasteiger partial charge in [-0.25, -0.2) is 13.2 Å². The van der Waals surface area contributed by atoms with E-state index in [1.54, 1.807) is 0 Å². The zero-order chi connectivity index (χ0) is 11.7. The SMILES string of the molecule is Fc1cc(Br)c(F)c(F)c1N1CCNCC1. The third-order valence-corrected chi connectivity index (χ3v) is 3.10. The number of hydrogen-bond donors (Lipinski definition) is 1. The van der Waals surface area contributed by atoms with Crippen LogP contribution in [0.2, 0.25) is 0 Å². The molecule has 1 N–H and O–H groups in total. The molecule has 0 unspecified atom stereocenters. The molecule has 0 aliphatic carbocycles. The molecule has 1 aliphatic heterocycles. The molecule has 0 amide bonds. The Bertz CT molecular complexity index is 406. The van der Waals surface area contributed by atoms with Gasteiger partial charge >= 0.3 is 0 Å². The number of hydrogen-bond acceptors (Lipinski definition) is 2. The summed E-state index contributed by atoms with van der Waals surface area (Å²) in [6.07, 6.45) is 0. The van der Waals surface area contributed by atoms with Crippen molar-refractivity contribution in [2.45, 2.75) is 0 Å². The van der Waals surface area contributed by atoms with E-state index in [2.05, 4.69) is 21.2 Å². The number of nitrogens with one attached hydrogen (secondary N) is 1. The van der Waals surface area contributed by atoms with Gasteiger partial charge in [0, 0.05) is 26.2 Å². The smallest absolute Gasteiger partial charge is 0.186 e. The fourth-order valence-electron chi connectivity index (χ4n) is 1.73. The van der Waals surface area contributed by atoms with Gasteiger partial charge in [0.1, 0.15) is 5.69 Å². The molecule has 0 atom stereocenters. The zero-order valence-electron chi connectivity index (χ0n) is 8.36. The van der Waals surface area contributed by atoms with Crippen LogP contribution in [-0.2, 0) is 0 Å². The van der Waals surface area contributed by atoms with E-state index in [0.717, 1.165) is 6.07 Å². The largest absolute Gasteiger partial charge is 0.364 e.